The molecule has 0 unspecified atom stereocenters. The largest absolute Gasteiger partial charge is 0.380 e. The highest BCUT2D eigenvalue weighted by Crippen LogP contribution is 2.19. The molecule has 96 valence electrons. The standard InChI is InChI=1S/C17H13N3/c18-11-14-5-1-2-9-16(14)20-12-15-7-3-6-13-8-4-10-19-17(13)15/h1-10,20H,12H2. The smallest absolute Gasteiger partial charge is 0.101 e. The number of fused-ring (bicyclic) bond motifs is 1. The van der Waals surface area contributed by atoms with Gasteiger partial charge >= 0.3 is 0 Å². The molecule has 0 spiro atoms. The number of nitriles is 1. The Hall–Kier alpha value is -2.86. The van der Waals surface area contributed by atoms with Gasteiger partial charge in [0.1, 0.15) is 6.07 Å². The van der Waals surface area contributed by atoms with E-state index >= 15 is 0 Å². The summed E-state index contributed by atoms with van der Waals surface area (Å²) in [4.78, 5) is 4.43. The minimum Gasteiger partial charge on any atom is -0.380 e. The topological polar surface area (TPSA) is 48.7 Å². The maximum Gasteiger partial charge on any atom is 0.101 e. The van der Waals surface area contributed by atoms with Crippen LogP contribution in [0.25, 0.3) is 10.9 Å². The van der Waals surface area contributed by atoms with E-state index in [1.54, 1.807) is 6.20 Å². The molecule has 20 heavy (non-hydrogen) atoms. The third kappa shape index (κ3) is 2.32. The van der Waals surface area contributed by atoms with E-state index in [0.717, 1.165) is 22.2 Å². The van der Waals surface area contributed by atoms with Crippen LogP contribution >= 0.6 is 0 Å². The summed E-state index contributed by atoms with van der Waals surface area (Å²) in [6.07, 6.45) is 1.80. The van der Waals surface area contributed by atoms with Gasteiger partial charge in [0.05, 0.1) is 16.8 Å². The number of nitrogens with one attached hydrogen (secondary N) is 1. The average Bonchev–Trinajstić information content (AvgIpc) is 2.53. The lowest BCUT2D eigenvalue weighted by Crippen LogP contribution is -2.02. The molecule has 3 rings (SSSR count). The van der Waals surface area contributed by atoms with Crippen molar-refractivity contribution in [3.05, 3.63) is 71.9 Å². The maximum atomic E-state index is 9.09. The van der Waals surface area contributed by atoms with Crippen molar-refractivity contribution in [1.82, 2.24) is 4.98 Å². The van der Waals surface area contributed by atoms with Gasteiger partial charge in [-0.05, 0) is 23.8 Å². The molecule has 0 atom stereocenters. The Morgan fingerprint density at radius 3 is 2.75 bits per heavy atom. The van der Waals surface area contributed by atoms with Crippen LogP contribution in [-0.4, -0.2) is 4.98 Å². The van der Waals surface area contributed by atoms with Crippen LogP contribution in [0.3, 0.4) is 0 Å². The number of aromatic nitrogens is 1. The van der Waals surface area contributed by atoms with Gasteiger partial charge in [-0.25, -0.2) is 0 Å². The molecule has 0 aliphatic carbocycles. The van der Waals surface area contributed by atoms with Crippen LogP contribution in [0.1, 0.15) is 11.1 Å². The lowest BCUT2D eigenvalue weighted by atomic mass is 10.1. The van der Waals surface area contributed by atoms with Gasteiger partial charge < -0.3 is 5.32 Å². The van der Waals surface area contributed by atoms with Crippen LogP contribution in [-0.2, 0) is 6.54 Å². The van der Waals surface area contributed by atoms with Crippen LogP contribution in [0.15, 0.2) is 60.8 Å². The molecule has 2 aromatic carbocycles. The zero-order chi connectivity index (χ0) is 13.8. The van der Waals surface area contributed by atoms with E-state index in [0.29, 0.717) is 12.1 Å². The van der Waals surface area contributed by atoms with E-state index in [1.807, 2.05) is 36.4 Å². The zero-order valence-corrected chi connectivity index (χ0v) is 10.9. The highest BCUT2D eigenvalue weighted by atomic mass is 14.9. The van der Waals surface area contributed by atoms with E-state index in [9.17, 15) is 0 Å². The number of para-hydroxylation sites is 2. The van der Waals surface area contributed by atoms with E-state index < -0.39 is 0 Å². The Balaban J connectivity index is 1.89. The molecule has 3 aromatic rings. The summed E-state index contributed by atoms with van der Waals surface area (Å²) in [6, 6.07) is 19.8. The molecule has 0 saturated carbocycles. The van der Waals surface area contributed by atoms with E-state index in [1.165, 1.54) is 0 Å². The van der Waals surface area contributed by atoms with Gasteiger partial charge in [0.2, 0.25) is 0 Å². The third-order valence-corrected chi connectivity index (χ3v) is 3.23. The Bertz CT molecular complexity index is 782. The number of hydrogen-bond donors (Lipinski definition) is 1. The fraction of sp³-hybridized carbons (Fsp3) is 0.0588. The Kier molecular flexibility index (Phi) is 3.30. The first-order valence-electron chi connectivity index (χ1n) is 6.44. The number of benzene rings is 2. The molecule has 0 amide bonds. The second-order valence-corrected chi connectivity index (χ2v) is 4.50. The Morgan fingerprint density at radius 2 is 1.85 bits per heavy atom. The molecule has 0 saturated heterocycles. The molecule has 1 heterocycles. The minimum atomic E-state index is 0.646. The summed E-state index contributed by atoms with van der Waals surface area (Å²) < 4.78 is 0. The summed E-state index contributed by atoms with van der Waals surface area (Å²) in [5.41, 5.74) is 3.62. The normalized spacial score (nSPS) is 10.2. The molecule has 0 aliphatic rings. The summed E-state index contributed by atoms with van der Waals surface area (Å²) in [7, 11) is 0. The highest BCUT2D eigenvalue weighted by molar-refractivity contribution is 5.81. The van der Waals surface area contributed by atoms with Crippen LogP contribution in [0, 0.1) is 11.3 Å². The highest BCUT2D eigenvalue weighted by Gasteiger charge is 2.03. The van der Waals surface area contributed by atoms with Crippen molar-refractivity contribution in [2.45, 2.75) is 6.54 Å². The fourth-order valence-electron chi connectivity index (χ4n) is 2.24. The molecule has 1 N–H and O–H groups in total. The molecule has 0 fully saturated rings. The first-order chi connectivity index (χ1) is 9.88. The number of rotatable bonds is 3. The first-order valence-corrected chi connectivity index (χ1v) is 6.44. The van der Waals surface area contributed by atoms with Crippen molar-refractivity contribution in [2.75, 3.05) is 5.32 Å². The van der Waals surface area contributed by atoms with Crippen molar-refractivity contribution in [2.24, 2.45) is 0 Å². The van der Waals surface area contributed by atoms with Gasteiger partial charge in [0.15, 0.2) is 0 Å². The number of pyridine rings is 1. The predicted molar refractivity (Wildman–Crippen MR) is 80.2 cm³/mol. The molecule has 3 nitrogen and oxygen atoms in total. The van der Waals surface area contributed by atoms with Crippen molar-refractivity contribution in [3.63, 3.8) is 0 Å². The van der Waals surface area contributed by atoms with Gasteiger partial charge in [0.25, 0.3) is 0 Å². The predicted octanol–water partition coefficient (Wildman–Crippen LogP) is 3.72. The minimum absolute atomic E-state index is 0.646. The molecular formula is C17H13N3. The quantitative estimate of drug-likeness (QED) is 0.779. The third-order valence-electron chi connectivity index (χ3n) is 3.23. The lowest BCUT2D eigenvalue weighted by Gasteiger charge is -2.09. The molecule has 0 radical (unpaired) electrons. The van der Waals surface area contributed by atoms with Crippen molar-refractivity contribution < 1.29 is 0 Å². The van der Waals surface area contributed by atoms with E-state index in [-0.39, 0.29) is 0 Å². The van der Waals surface area contributed by atoms with Crippen LogP contribution < -0.4 is 5.32 Å². The van der Waals surface area contributed by atoms with Gasteiger partial charge in [-0.1, -0.05) is 36.4 Å². The molecule has 3 heteroatoms. The van der Waals surface area contributed by atoms with E-state index in [4.69, 9.17) is 5.26 Å². The molecular weight excluding hydrogens is 246 g/mol. The van der Waals surface area contributed by atoms with Crippen LogP contribution in [0.5, 0.6) is 0 Å². The van der Waals surface area contributed by atoms with Crippen molar-refractivity contribution in [1.29, 1.82) is 5.26 Å². The van der Waals surface area contributed by atoms with Crippen molar-refractivity contribution >= 4 is 16.6 Å². The van der Waals surface area contributed by atoms with Crippen LogP contribution in [0.4, 0.5) is 5.69 Å². The van der Waals surface area contributed by atoms with Crippen molar-refractivity contribution in [3.8, 4) is 6.07 Å². The summed E-state index contributed by atoms with van der Waals surface area (Å²) >= 11 is 0. The monoisotopic (exact) mass is 259 g/mol. The SMILES string of the molecule is N#Cc1ccccc1NCc1cccc2cccnc12. The first kappa shape index (κ1) is 12.2. The second-order valence-electron chi connectivity index (χ2n) is 4.50. The maximum absolute atomic E-state index is 9.09. The van der Waals surface area contributed by atoms with Gasteiger partial charge in [-0.3, -0.25) is 4.98 Å². The van der Waals surface area contributed by atoms with Gasteiger partial charge in [-0.15, -0.1) is 0 Å². The summed E-state index contributed by atoms with van der Waals surface area (Å²) in [5, 5.41) is 13.5. The molecule has 1 aromatic heterocycles. The number of anilines is 1. The Labute approximate surface area is 117 Å². The number of hydrogen-bond acceptors (Lipinski definition) is 3. The zero-order valence-electron chi connectivity index (χ0n) is 10.9. The van der Waals surface area contributed by atoms with E-state index in [2.05, 4.69) is 34.6 Å². The lowest BCUT2D eigenvalue weighted by molar-refractivity contribution is 1.15. The molecule has 0 bridgehead atoms. The fourth-order valence-corrected chi connectivity index (χ4v) is 2.24. The number of nitrogens with zero attached hydrogens (tertiary/aromatic N) is 2. The molecule has 0 aliphatic heterocycles. The summed E-state index contributed by atoms with van der Waals surface area (Å²) in [5.74, 6) is 0. The van der Waals surface area contributed by atoms with Gasteiger partial charge in [-0.2, -0.15) is 5.26 Å². The van der Waals surface area contributed by atoms with Gasteiger partial charge in [0, 0.05) is 18.1 Å². The second kappa shape index (κ2) is 5.41. The Morgan fingerprint density at radius 1 is 1.00 bits per heavy atom. The summed E-state index contributed by atoms with van der Waals surface area (Å²) in [6.45, 7) is 0.646. The average molecular weight is 259 g/mol. The van der Waals surface area contributed by atoms with Crippen LogP contribution in [0.2, 0.25) is 0 Å².